The highest BCUT2D eigenvalue weighted by Gasteiger charge is 2.05. The Bertz CT molecular complexity index is 517. The van der Waals surface area contributed by atoms with E-state index in [-0.39, 0.29) is 0 Å². The molecule has 5 heteroatoms. The fourth-order valence-corrected chi connectivity index (χ4v) is 2.07. The Labute approximate surface area is 102 Å². The minimum atomic E-state index is 0.464. The predicted molar refractivity (Wildman–Crippen MR) is 65.6 cm³/mol. The molecule has 0 aliphatic heterocycles. The molecule has 0 aliphatic rings. The molecule has 0 saturated heterocycles. The predicted octanol–water partition coefficient (Wildman–Crippen LogP) is 3.28. The molecule has 0 aliphatic carbocycles. The summed E-state index contributed by atoms with van der Waals surface area (Å²) in [5.74, 6) is 0. The second-order valence-corrected chi connectivity index (χ2v) is 4.23. The van der Waals surface area contributed by atoms with Crippen molar-refractivity contribution in [2.75, 3.05) is 5.32 Å². The third kappa shape index (κ3) is 2.32. The molecule has 0 saturated carbocycles. The molecule has 2 aromatic rings. The fraction of sp³-hybridized carbons (Fsp3) is 0.0909. The first-order valence-electron chi connectivity index (χ1n) is 4.61. The highest BCUT2D eigenvalue weighted by molar-refractivity contribution is 7.07. The Morgan fingerprint density at radius 2 is 2.38 bits per heavy atom. The van der Waals surface area contributed by atoms with E-state index >= 15 is 0 Å². The highest BCUT2D eigenvalue weighted by atomic mass is 35.5. The number of benzene rings is 1. The Kier molecular flexibility index (Phi) is 3.40. The van der Waals surface area contributed by atoms with Gasteiger partial charge in [-0.25, -0.2) is 4.98 Å². The molecule has 0 unspecified atom stereocenters. The van der Waals surface area contributed by atoms with Gasteiger partial charge in [0.15, 0.2) is 0 Å². The molecule has 2 rings (SSSR count). The van der Waals surface area contributed by atoms with Crippen LogP contribution in [0.4, 0.5) is 5.69 Å². The maximum absolute atomic E-state index is 8.97. The monoisotopic (exact) mass is 249 g/mol. The SMILES string of the molecule is N#Cc1c(Cl)cccc1NCc1cscn1. The van der Waals surface area contributed by atoms with Crippen LogP contribution < -0.4 is 5.32 Å². The lowest BCUT2D eigenvalue weighted by Gasteiger charge is -2.07. The number of nitrogens with zero attached hydrogens (tertiary/aromatic N) is 2. The van der Waals surface area contributed by atoms with Crippen molar-refractivity contribution in [3.8, 4) is 6.07 Å². The number of aromatic nitrogens is 1. The molecular formula is C11H8ClN3S. The van der Waals surface area contributed by atoms with Crippen LogP contribution in [-0.2, 0) is 6.54 Å². The van der Waals surface area contributed by atoms with Crippen LogP contribution in [0.5, 0.6) is 0 Å². The van der Waals surface area contributed by atoms with Crippen LogP contribution in [0, 0.1) is 11.3 Å². The van der Waals surface area contributed by atoms with Gasteiger partial charge in [-0.2, -0.15) is 5.26 Å². The first-order valence-corrected chi connectivity index (χ1v) is 5.93. The summed E-state index contributed by atoms with van der Waals surface area (Å²) >= 11 is 7.46. The number of rotatable bonds is 3. The second-order valence-electron chi connectivity index (χ2n) is 3.11. The van der Waals surface area contributed by atoms with E-state index in [1.807, 2.05) is 17.5 Å². The lowest BCUT2D eigenvalue weighted by molar-refractivity contribution is 1.07. The van der Waals surface area contributed by atoms with Gasteiger partial charge in [0, 0.05) is 5.38 Å². The lowest BCUT2D eigenvalue weighted by Crippen LogP contribution is -2.01. The molecule has 0 fully saturated rings. The maximum atomic E-state index is 8.97. The van der Waals surface area contributed by atoms with Crippen molar-refractivity contribution in [2.45, 2.75) is 6.54 Å². The minimum Gasteiger partial charge on any atom is -0.378 e. The van der Waals surface area contributed by atoms with Crippen LogP contribution in [-0.4, -0.2) is 4.98 Å². The van der Waals surface area contributed by atoms with Gasteiger partial charge >= 0.3 is 0 Å². The van der Waals surface area contributed by atoms with Gasteiger partial charge in [0.25, 0.3) is 0 Å². The van der Waals surface area contributed by atoms with E-state index in [2.05, 4.69) is 16.4 Å². The summed E-state index contributed by atoms with van der Waals surface area (Å²) in [7, 11) is 0. The van der Waals surface area contributed by atoms with Gasteiger partial charge in [-0.15, -0.1) is 11.3 Å². The van der Waals surface area contributed by atoms with E-state index < -0.39 is 0 Å². The fourth-order valence-electron chi connectivity index (χ4n) is 1.30. The van der Waals surface area contributed by atoms with Crippen LogP contribution in [0.1, 0.15) is 11.3 Å². The Morgan fingerprint density at radius 3 is 3.06 bits per heavy atom. The van der Waals surface area contributed by atoms with E-state index in [0.717, 1.165) is 11.4 Å². The Hall–Kier alpha value is -1.57. The van der Waals surface area contributed by atoms with Crippen LogP contribution in [0.25, 0.3) is 0 Å². The molecule has 80 valence electrons. The van der Waals surface area contributed by atoms with Crippen molar-refractivity contribution >= 4 is 28.6 Å². The number of hydrogen-bond acceptors (Lipinski definition) is 4. The summed E-state index contributed by atoms with van der Waals surface area (Å²) < 4.78 is 0. The zero-order chi connectivity index (χ0) is 11.4. The molecule has 0 spiro atoms. The summed E-state index contributed by atoms with van der Waals surface area (Å²) in [5, 5.41) is 14.5. The molecule has 1 aromatic heterocycles. The topological polar surface area (TPSA) is 48.7 Å². The Balaban J connectivity index is 2.16. The minimum absolute atomic E-state index is 0.464. The third-order valence-corrected chi connectivity index (χ3v) is 3.02. The maximum Gasteiger partial charge on any atom is 0.103 e. The number of nitriles is 1. The first kappa shape index (κ1) is 10.9. The number of anilines is 1. The van der Waals surface area contributed by atoms with Gasteiger partial charge in [-0.1, -0.05) is 17.7 Å². The summed E-state index contributed by atoms with van der Waals surface area (Å²) in [6.45, 7) is 0.596. The molecular weight excluding hydrogens is 242 g/mol. The molecule has 1 aromatic carbocycles. The number of thiazole rings is 1. The van der Waals surface area contributed by atoms with Crippen molar-refractivity contribution in [3.63, 3.8) is 0 Å². The standard InChI is InChI=1S/C11H8ClN3S/c12-10-2-1-3-11(9(10)4-13)14-5-8-6-16-7-15-8/h1-3,6-7,14H,5H2. The molecule has 1 heterocycles. The molecule has 0 atom stereocenters. The number of halogens is 1. The zero-order valence-corrected chi connectivity index (χ0v) is 9.85. The van der Waals surface area contributed by atoms with Crippen molar-refractivity contribution in [2.24, 2.45) is 0 Å². The average Bonchev–Trinajstić information content (AvgIpc) is 2.79. The molecule has 0 bridgehead atoms. The van der Waals surface area contributed by atoms with E-state index in [1.165, 1.54) is 0 Å². The van der Waals surface area contributed by atoms with Gasteiger partial charge in [0.05, 0.1) is 34.0 Å². The van der Waals surface area contributed by atoms with Gasteiger partial charge < -0.3 is 5.32 Å². The lowest BCUT2D eigenvalue weighted by atomic mass is 10.2. The molecule has 16 heavy (non-hydrogen) atoms. The molecule has 1 N–H and O–H groups in total. The smallest absolute Gasteiger partial charge is 0.103 e. The summed E-state index contributed by atoms with van der Waals surface area (Å²) in [5.41, 5.74) is 3.94. The summed E-state index contributed by atoms with van der Waals surface area (Å²) in [6.07, 6.45) is 0. The van der Waals surface area contributed by atoms with Crippen molar-refractivity contribution in [1.82, 2.24) is 4.98 Å². The van der Waals surface area contributed by atoms with Crippen molar-refractivity contribution < 1.29 is 0 Å². The van der Waals surface area contributed by atoms with Gasteiger partial charge in [-0.3, -0.25) is 0 Å². The molecule has 3 nitrogen and oxygen atoms in total. The van der Waals surface area contributed by atoms with Crippen LogP contribution >= 0.6 is 22.9 Å². The summed E-state index contributed by atoms with van der Waals surface area (Å²) in [4.78, 5) is 4.15. The van der Waals surface area contributed by atoms with Crippen molar-refractivity contribution in [1.29, 1.82) is 5.26 Å². The molecule has 0 amide bonds. The second kappa shape index (κ2) is 4.97. The van der Waals surface area contributed by atoms with Gasteiger partial charge in [0.1, 0.15) is 6.07 Å². The Morgan fingerprint density at radius 1 is 1.50 bits per heavy atom. The van der Waals surface area contributed by atoms with Crippen LogP contribution in [0.3, 0.4) is 0 Å². The number of hydrogen-bond donors (Lipinski definition) is 1. The van der Waals surface area contributed by atoms with E-state index in [4.69, 9.17) is 16.9 Å². The third-order valence-electron chi connectivity index (χ3n) is 2.07. The summed E-state index contributed by atoms with van der Waals surface area (Å²) in [6, 6.07) is 7.43. The van der Waals surface area contributed by atoms with E-state index in [9.17, 15) is 0 Å². The van der Waals surface area contributed by atoms with Gasteiger partial charge in [-0.05, 0) is 12.1 Å². The zero-order valence-electron chi connectivity index (χ0n) is 8.27. The van der Waals surface area contributed by atoms with Crippen LogP contribution in [0.15, 0.2) is 29.1 Å². The van der Waals surface area contributed by atoms with Crippen LogP contribution in [0.2, 0.25) is 5.02 Å². The average molecular weight is 250 g/mol. The quantitative estimate of drug-likeness (QED) is 0.908. The van der Waals surface area contributed by atoms with Gasteiger partial charge in [0.2, 0.25) is 0 Å². The normalized spacial score (nSPS) is 9.75. The van der Waals surface area contributed by atoms with E-state index in [0.29, 0.717) is 17.1 Å². The van der Waals surface area contributed by atoms with Crippen molar-refractivity contribution in [3.05, 3.63) is 45.4 Å². The first-order chi connectivity index (χ1) is 7.81. The largest absolute Gasteiger partial charge is 0.378 e. The molecule has 0 radical (unpaired) electrons. The van der Waals surface area contributed by atoms with E-state index in [1.54, 1.807) is 22.9 Å². The number of nitrogens with one attached hydrogen (secondary N) is 1. The highest BCUT2D eigenvalue weighted by Crippen LogP contribution is 2.23.